The van der Waals surface area contributed by atoms with Gasteiger partial charge >= 0.3 is 0 Å². The third kappa shape index (κ3) is 6.78. The second-order valence-electron chi connectivity index (χ2n) is 10.2. The summed E-state index contributed by atoms with van der Waals surface area (Å²) in [5.74, 6) is -1.60. The summed E-state index contributed by atoms with van der Waals surface area (Å²) in [5, 5.41) is 0. The van der Waals surface area contributed by atoms with Crippen LogP contribution in [0.1, 0.15) is 70.3 Å². The van der Waals surface area contributed by atoms with Crippen molar-refractivity contribution in [1.82, 2.24) is 0 Å². The molecule has 3 aromatic carbocycles. The fourth-order valence-electron chi connectivity index (χ4n) is 5.12. The molecule has 1 atom stereocenters. The van der Waals surface area contributed by atoms with Crippen molar-refractivity contribution >= 4 is 5.57 Å². The summed E-state index contributed by atoms with van der Waals surface area (Å²) < 4.78 is 50.1. The molecular weight excluding hydrogens is 481 g/mol. The second kappa shape index (κ2) is 13.5. The number of hydrogen-bond acceptors (Lipinski definition) is 1. The molecule has 0 saturated carbocycles. The Hall–Kier alpha value is -3.27. The largest absolute Gasteiger partial charge is 0.490 e. The molecular formula is C34H37F3O. The maximum atomic E-state index is 15.1. The number of benzene rings is 3. The summed E-state index contributed by atoms with van der Waals surface area (Å²) in [4.78, 5) is 0. The van der Waals surface area contributed by atoms with E-state index in [1.54, 1.807) is 36.4 Å². The normalized spacial score (nSPS) is 15.3. The van der Waals surface area contributed by atoms with Gasteiger partial charge in [-0.15, -0.1) is 6.58 Å². The van der Waals surface area contributed by atoms with E-state index in [1.807, 2.05) is 12.1 Å². The highest BCUT2D eigenvalue weighted by Crippen LogP contribution is 2.35. The molecule has 0 spiro atoms. The Morgan fingerprint density at radius 1 is 0.868 bits per heavy atom. The van der Waals surface area contributed by atoms with Gasteiger partial charge in [0.1, 0.15) is 5.82 Å². The van der Waals surface area contributed by atoms with E-state index >= 15 is 4.39 Å². The van der Waals surface area contributed by atoms with Gasteiger partial charge in [0, 0.05) is 11.1 Å². The highest BCUT2D eigenvalue weighted by atomic mass is 19.2. The summed E-state index contributed by atoms with van der Waals surface area (Å²) in [7, 11) is 0. The van der Waals surface area contributed by atoms with Gasteiger partial charge < -0.3 is 4.74 Å². The molecule has 3 aromatic rings. The van der Waals surface area contributed by atoms with Gasteiger partial charge in [-0.1, -0.05) is 74.7 Å². The van der Waals surface area contributed by atoms with E-state index in [4.69, 9.17) is 4.74 Å². The van der Waals surface area contributed by atoms with Crippen LogP contribution in [0, 0.1) is 23.4 Å². The van der Waals surface area contributed by atoms with Gasteiger partial charge in [-0.3, -0.25) is 0 Å². The van der Waals surface area contributed by atoms with E-state index in [9.17, 15) is 8.78 Å². The molecule has 0 amide bonds. The van der Waals surface area contributed by atoms with E-state index in [0.29, 0.717) is 29.2 Å². The van der Waals surface area contributed by atoms with Crippen molar-refractivity contribution in [2.45, 2.75) is 64.7 Å². The number of ether oxygens (including phenoxy) is 1. The lowest BCUT2D eigenvalue weighted by atomic mass is 9.84. The molecule has 1 nitrogen and oxygen atoms in total. The summed E-state index contributed by atoms with van der Waals surface area (Å²) in [6.45, 7) is 6.28. The van der Waals surface area contributed by atoms with Crippen molar-refractivity contribution in [2.75, 3.05) is 6.61 Å². The molecule has 1 aliphatic carbocycles. The first kappa shape index (κ1) is 27.8. The van der Waals surface area contributed by atoms with Crippen LogP contribution in [-0.2, 0) is 0 Å². The molecule has 0 N–H and O–H groups in total. The highest BCUT2D eigenvalue weighted by Gasteiger charge is 2.18. The molecule has 1 aliphatic rings. The molecule has 0 bridgehead atoms. The topological polar surface area (TPSA) is 9.23 Å². The first-order valence-corrected chi connectivity index (χ1v) is 13.8. The Bertz CT molecular complexity index is 1260. The van der Waals surface area contributed by atoms with Gasteiger partial charge in [-0.2, -0.15) is 4.39 Å². The van der Waals surface area contributed by atoms with E-state index in [0.717, 1.165) is 63.4 Å². The van der Waals surface area contributed by atoms with Crippen LogP contribution in [0.4, 0.5) is 13.2 Å². The number of allylic oxidation sites excluding steroid dienone is 3. The van der Waals surface area contributed by atoms with Gasteiger partial charge in [-0.05, 0) is 84.9 Å². The summed E-state index contributed by atoms with van der Waals surface area (Å²) >= 11 is 0. The standard InChI is InChI=1S/C34H37F3O/c1-3-5-7-8-22-38-32-21-20-30(33(36)34(32)37)27-16-14-26(15-17-27)29-19-18-28(23-31(29)35)25-12-10-24(11-13-25)9-6-4-2/h4,12,14-21,23-24H,2-3,5-11,13,22H2,1H3. The van der Waals surface area contributed by atoms with Crippen molar-refractivity contribution in [3.05, 3.63) is 96.3 Å². The average Bonchev–Trinajstić information content (AvgIpc) is 2.94. The quantitative estimate of drug-likeness (QED) is 0.171. The molecule has 1 unspecified atom stereocenters. The SMILES string of the molecule is C=CCCC1CC=C(c2ccc(-c3ccc(-c4ccc(OCCCCCC)c(F)c4F)cc3)c(F)c2)CC1. The number of hydrogen-bond donors (Lipinski definition) is 0. The highest BCUT2D eigenvalue weighted by molar-refractivity contribution is 5.74. The lowest BCUT2D eigenvalue weighted by Gasteiger charge is -2.22. The maximum absolute atomic E-state index is 15.1. The van der Waals surface area contributed by atoms with Crippen LogP contribution in [0.5, 0.6) is 5.75 Å². The molecule has 0 heterocycles. The van der Waals surface area contributed by atoms with Gasteiger partial charge in [-0.25, -0.2) is 8.78 Å². The van der Waals surface area contributed by atoms with E-state index in [1.165, 1.54) is 17.7 Å². The van der Waals surface area contributed by atoms with Crippen molar-refractivity contribution in [1.29, 1.82) is 0 Å². The molecule has 0 fully saturated rings. The first-order chi connectivity index (χ1) is 18.5. The zero-order valence-corrected chi connectivity index (χ0v) is 22.2. The smallest absolute Gasteiger partial charge is 0.201 e. The molecule has 4 rings (SSSR count). The van der Waals surface area contributed by atoms with Crippen LogP contribution in [0.25, 0.3) is 27.8 Å². The minimum Gasteiger partial charge on any atom is -0.490 e. The lowest BCUT2D eigenvalue weighted by Crippen LogP contribution is -2.05. The van der Waals surface area contributed by atoms with Gasteiger partial charge in [0.2, 0.25) is 5.82 Å². The fraction of sp³-hybridized carbons (Fsp3) is 0.353. The molecule has 4 heteroatoms. The third-order valence-electron chi connectivity index (χ3n) is 7.45. The molecule has 0 radical (unpaired) electrons. The third-order valence-corrected chi connectivity index (χ3v) is 7.45. The monoisotopic (exact) mass is 518 g/mol. The predicted octanol–water partition coefficient (Wildman–Crippen LogP) is 10.5. The molecule has 0 aromatic heterocycles. The van der Waals surface area contributed by atoms with Crippen LogP contribution >= 0.6 is 0 Å². The number of unbranched alkanes of at least 4 members (excludes halogenated alkanes) is 3. The van der Waals surface area contributed by atoms with Crippen LogP contribution in [0.3, 0.4) is 0 Å². The van der Waals surface area contributed by atoms with Crippen molar-refractivity contribution in [3.63, 3.8) is 0 Å². The maximum Gasteiger partial charge on any atom is 0.201 e. The summed E-state index contributed by atoms with van der Waals surface area (Å²) in [6.07, 6.45) is 13.5. The fourth-order valence-corrected chi connectivity index (χ4v) is 5.12. The Kier molecular flexibility index (Phi) is 9.86. The second-order valence-corrected chi connectivity index (χ2v) is 10.2. The Balaban J connectivity index is 1.44. The molecule has 0 saturated heterocycles. The van der Waals surface area contributed by atoms with E-state index in [-0.39, 0.29) is 17.1 Å². The van der Waals surface area contributed by atoms with Crippen molar-refractivity contribution in [2.24, 2.45) is 5.92 Å². The van der Waals surface area contributed by atoms with Crippen molar-refractivity contribution < 1.29 is 17.9 Å². The molecule has 200 valence electrons. The molecule has 38 heavy (non-hydrogen) atoms. The van der Waals surface area contributed by atoms with Gasteiger partial charge in [0.25, 0.3) is 0 Å². The minimum atomic E-state index is -0.979. The Labute approximate surface area is 225 Å². The van der Waals surface area contributed by atoms with Crippen LogP contribution in [-0.4, -0.2) is 6.61 Å². The zero-order chi connectivity index (χ0) is 26.9. The number of rotatable bonds is 12. The van der Waals surface area contributed by atoms with Crippen LogP contribution in [0.2, 0.25) is 0 Å². The molecule has 0 aliphatic heterocycles. The van der Waals surface area contributed by atoms with Crippen molar-refractivity contribution in [3.8, 4) is 28.0 Å². The summed E-state index contributed by atoms with van der Waals surface area (Å²) in [6, 6.07) is 15.3. The predicted molar refractivity (Wildman–Crippen MR) is 152 cm³/mol. The van der Waals surface area contributed by atoms with Gasteiger partial charge in [0.15, 0.2) is 11.6 Å². The van der Waals surface area contributed by atoms with E-state index in [2.05, 4.69) is 19.6 Å². The van der Waals surface area contributed by atoms with E-state index < -0.39 is 11.6 Å². The lowest BCUT2D eigenvalue weighted by molar-refractivity contribution is 0.285. The van der Waals surface area contributed by atoms with Gasteiger partial charge in [0.05, 0.1) is 6.61 Å². The minimum absolute atomic E-state index is 0.0677. The number of halogens is 3. The Morgan fingerprint density at radius 2 is 1.58 bits per heavy atom. The van der Waals surface area contributed by atoms with Crippen LogP contribution in [0.15, 0.2) is 73.3 Å². The average molecular weight is 519 g/mol. The zero-order valence-electron chi connectivity index (χ0n) is 22.2. The van der Waals surface area contributed by atoms with Crippen LogP contribution < -0.4 is 4.74 Å². The summed E-state index contributed by atoms with van der Waals surface area (Å²) in [5.41, 5.74) is 3.97. The first-order valence-electron chi connectivity index (χ1n) is 13.8. The Morgan fingerprint density at radius 3 is 2.24 bits per heavy atom.